The van der Waals surface area contributed by atoms with Gasteiger partial charge in [0.15, 0.2) is 0 Å². The molecule has 0 unspecified atom stereocenters. The maximum Gasteiger partial charge on any atom is 0.343 e. The number of nitrogens with one attached hydrogen (secondary N) is 2. The minimum absolute atomic E-state index is 0.368. The van der Waals surface area contributed by atoms with Crippen molar-refractivity contribution in [3.63, 3.8) is 0 Å². The Morgan fingerprint density at radius 1 is 0.906 bits per heavy atom. The summed E-state index contributed by atoms with van der Waals surface area (Å²) in [6.07, 6.45) is 2.26. The lowest BCUT2D eigenvalue weighted by atomic mass is 10.1. The molecular formula is C24H20BrN3O4. The van der Waals surface area contributed by atoms with Crippen molar-refractivity contribution in [2.45, 2.75) is 13.3 Å². The number of nitrogens with zero attached hydrogens (tertiary/aromatic N) is 1. The number of hydrazone groups is 1. The van der Waals surface area contributed by atoms with Gasteiger partial charge in [0.1, 0.15) is 5.75 Å². The number of halogens is 1. The zero-order valence-corrected chi connectivity index (χ0v) is 18.8. The molecule has 0 saturated heterocycles. The molecule has 0 heterocycles. The van der Waals surface area contributed by atoms with Crippen LogP contribution in [0.4, 0.5) is 5.69 Å². The van der Waals surface area contributed by atoms with E-state index in [1.165, 1.54) is 6.21 Å². The topological polar surface area (TPSA) is 96.9 Å². The molecule has 0 atom stereocenters. The summed E-state index contributed by atoms with van der Waals surface area (Å²) in [5.74, 6) is -1.81. The molecule has 2 amide bonds. The Bertz CT molecular complexity index is 1130. The number of aryl methyl sites for hydroxylation is 1. The third-order valence-electron chi connectivity index (χ3n) is 4.38. The zero-order valence-electron chi connectivity index (χ0n) is 17.2. The standard InChI is InChI=1S/C24H20BrN3O4/c1-2-16-3-11-20(12-4-16)27-22(29)23(30)28-26-15-17-5-13-21(14-6-17)32-24(31)18-7-9-19(25)10-8-18/h3-15H,2H2,1H3,(H,27,29)(H,28,30). The molecule has 32 heavy (non-hydrogen) atoms. The highest BCUT2D eigenvalue weighted by Crippen LogP contribution is 2.16. The number of rotatable bonds is 6. The van der Waals surface area contributed by atoms with Crippen LogP contribution in [0.1, 0.15) is 28.4 Å². The van der Waals surface area contributed by atoms with E-state index in [9.17, 15) is 14.4 Å². The predicted octanol–water partition coefficient (Wildman–Crippen LogP) is 4.32. The molecule has 0 aliphatic heterocycles. The van der Waals surface area contributed by atoms with Gasteiger partial charge in [0.25, 0.3) is 0 Å². The smallest absolute Gasteiger partial charge is 0.343 e. The number of anilines is 1. The van der Waals surface area contributed by atoms with Crippen molar-refractivity contribution in [2.75, 3.05) is 5.32 Å². The van der Waals surface area contributed by atoms with Crippen LogP contribution in [0.3, 0.4) is 0 Å². The van der Waals surface area contributed by atoms with Gasteiger partial charge in [-0.15, -0.1) is 0 Å². The summed E-state index contributed by atoms with van der Waals surface area (Å²) in [7, 11) is 0. The Morgan fingerprint density at radius 2 is 1.56 bits per heavy atom. The average molecular weight is 494 g/mol. The van der Waals surface area contributed by atoms with E-state index in [-0.39, 0.29) is 0 Å². The molecule has 0 radical (unpaired) electrons. The van der Waals surface area contributed by atoms with Gasteiger partial charge in [-0.25, -0.2) is 10.2 Å². The molecule has 7 nitrogen and oxygen atoms in total. The molecule has 3 aromatic rings. The third kappa shape index (κ3) is 6.61. The first-order chi connectivity index (χ1) is 15.4. The van der Waals surface area contributed by atoms with E-state index in [0.29, 0.717) is 22.6 Å². The van der Waals surface area contributed by atoms with Crippen LogP contribution < -0.4 is 15.5 Å². The van der Waals surface area contributed by atoms with Crippen LogP contribution in [-0.4, -0.2) is 24.0 Å². The molecular weight excluding hydrogens is 474 g/mol. The maximum absolute atomic E-state index is 12.1. The van der Waals surface area contributed by atoms with Gasteiger partial charge in [0.05, 0.1) is 11.8 Å². The fraction of sp³-hybridized carbons (Fsp3) is 0.0833. The van der Waals surface area contributed by atoms with Crippen LogP contribution in [0, 0.1) is 0 Å². The van der Waals surface area contributed by atoms with E-state index < -0.39 is 17.8 Å². The molecule has 8 heteroatoms. The van der Waals surface area contributed by atoms with E-state index in [0.717, 1.165) is 16.5 Å². The Morgan fingerprint density at radius 3 is 2.19 bits per heavy atom. The lowest BCUT2D eigenvalue weighted by Gasteiger charge is -2.05. The molecule has 0 bridgehead atoms. The largest absolute Gasteiger partial charge is 0.423 e. The van der Waals surface area contributed by atoms with Crippen molar-refractivity contribution in [3.05, 3.63) is 94.0 Å². The summed E-state index contributed by atoms with van der Waals surface area (Å²) in [4.78, 5) is 36.0. The fourth-order valence-corrected chi connectivity index (χ4v) is 2.87. The number of hydrogen-bond acceptors (Lipinski definition) is 5. The fourth-order valence-electron chi connectivity index (χ4n) is 2.60. The van der Waals surface area contributed by atoms with E-state index in [1.807, 2.05) is 19.1 Å². The molecule has 0 spiro atoms. The van der Waals surface area contributed by atoms with Crippen LogP contribution in [0.2, 0.25) is 0 Å². The van der Waals surface area contributed by atoms with Gasteiger partial charge in [-0.05, 0) is 78.2 Å². The van der Waals surface area contributed by atoms with Crippen LogP contribution >= 0.6 is 15.9 Å². The first kappa shape index (κ1) is 22.9. The molecule has 2 N–H and O–H groups in total. The summed E-state index contributed by atoms with van der Waals surface area (Å²) >= 11 is 3.31. The van der Waals surface area contributed by atoms with Crippen molar-refractivity contribution < 1.29 is 19.1 Å². The normalized spacial score (nSPS) is 10.6. The zero-order chi connectivity index (χ0) is 22.9. The van der Waals surface area contributed by atoms with Crippen LogP contribution in [0.25, 0.3) is 0 Å². The summed E-state index contributed by atoms with van der Waals surface area (Å²) in [5, 5.41) is 6.29. The number of benzene rings is 3. The van der Waals surface area contributed by atoms with E-state index in [2.05, 4.69) is 31.8 Å². The molecule has 0 fully saturated rings. The number of amides is 2. The van der Waals surface area contributed by atoms with Gasteiger partial charge in [-0.1, -0.05) is 35.0 Å². The molecule has 3 aromatic carbocycles. The van der Waals surface area contributed by atoms with Crippen molar-refractivity contribution in [1.29, 1.82) is 0 Å². The molecule has 162 valence electrons. The van der Waals surface area contributed by atoms with Crippen LogP contribution in [0.15, 0.2) is 82.4 Å². The summed E-state index contributed by atoms with van der Waals surface area (Å²) < 4.78 is 6.19. The lowest BCUT2D eigenvalue weighted by Crippen LogP contribution is -2.32. The molecule has 0 saturated carbocycles. The second-order valence-corrected chi connectivity index (χ2v) is 7.58. The van der Waals surface area contributed by atoms with Crippen molar-refractivity contribution in [2.24, 2.45) is 5.10 Å². The molecule has 0 aliphatic carbocycles. The lowest BCUT2D eigenvalue weighted by molar-refractivity contribution is -0.136. The van der Waals surface area contributed by atoms with Gasteiger partial charge in [-0.3, -0.25) is 9.59 Å². The quantitative estimate of drug-likeness (QED) is 0.175. The summed E-state index contributed by atoms with van der Waals surface area (Å²) in [5.41, 5.74) is 4.91. The van der Waals surface area contributed by atoms with Gasteiger partial charge >= 0.3 is 17.8 Å². The Hall–Kier alpha value is -3.78. The Kier molecular flexibility index (Phi) is 7.88. The molecule has 0 aromatic heterocycles. The minimum Gasteiger partial charge on any atom is -0.423 e. The second kappa shape index (κ2) is 11.0. The first-order valence-electron chi connectivity index (χ1n) is 9.75. The maximum atomic E-state index is 12.1. The van der Waals surface area contributed by atoms with Gasteiger partial charge in [-0.2, -0.15) is 5.10 Å². The van der Waals surface area contributed by atoms with Crippen LogP contribution in [-0.2, 0) is 16.0 Å². The number of hydrogen-bond donors (Lipinski definition) is 2. The van der Waals surface area contributed by atoms with Gasteiger partial charge in [0.2, 0.25) is 0 Å². The summed E-state index contributed by atoms with van der Waals surface area (Å²) in [6.45, 7) is 2.03. The predicted molar refractivity (Wildman–Crippen MR) is 126 cm³/mol. The van der Waals surface area contributed by atoms with E-state index in [1.54, 1.807) is 60.7 Å². The number of ether oxygens (including phenoxy) is 1. The van der Waals surface area contributed by atoms with Crippen LogP contribution in [0.5, 0.6) is 5.75 Å². The van der Waals surface area contributed by atoms with Crippen molar-refractivity contribution in [3.8, 4) is 5.75 Å². The highest BCUT2D eigenvalue weighted by molar-refractivity contribution is 9.10. The number of carbonyl (C=O) groups is 3. The second-order valence-electron chi connectivity index (χ2n) is 6.67. The number of esters is 1. The SMILES string of the molecule is CCc1ccc(NC(=O)C(=O)NN=Cc2ccc(OC(=O)c3ccc(Br)cc3)cc2)cc1. The molecule has 3 rings (SSSR count). The van der Waals surface area contributed by atoms with Crippen molar-refractivity contribution in [1.82, 2.24) is 5.43 Å². The van der Waals surface area contributed by atoms with Crippen molar-refractivity contribution >= 4 is 45.6 Å². The minimum atomic E-state index is -0.888. The van der Waals surface area contributed by atoms with E-state index >= 15 is 0 Å². The monoisotopic (exact) mass is 493 g/mol. The first-order valence-corrected chi connectivity index (χ1v) is 10.5. The summed E-state index contributed by atoms with van der Waals surface area (Å²) in [6, 6.07) is 20.6. The number of carbonyl (C=O) groups excluding carboxylic acids is 3. The Balaban J connectivity index is 1.49. The third-order valence-corrected chi connectivity index (χ3v) is 4.91. The highest BCUT2D eigenvalue weighted by atomic mass is 79.9. The van der Waals surface area contributed by atoms with Gasteiger partial charge in [0, 0.05) is 10.2 Å². The van der Waals surface area contributed by atoms with Gasteiger partial charge < -0.3 is 10.1 Å². The van der Waals surface area contributed by atoms with E-state index in [4.69, 9.17) is 4.74 Å². The highest BCUT2D eigenvalue weighted by Gasteiger charge is 2.13. The molecule has 0 aliphatic rings. The average Bonchev–Trinajstić information content (AvgIpc) is 2.81. The Labute approximate surface area is 193 Å².